The van der Waals surface area contributed by atoms with Gasteiger partial charge >= 0.3 is 0 Å². The molecule has 0 unspecified atom stereocenters. The van der Waals surface area contributed by atoms with E-state index in [1.807, 2.05) is 4.90 Å². The zero-order chi connectivity index (χ0) is 22.5. The molecule has 2 heterocycles. The first kappa shape index (κ1) is 21.6. The molecular formula is C25H24F2N4O. The number of carbonyl (C=O) groups excluding carboxylic acids is 1. The minimum Gasteiger partial charge on any atom is -0.369 e. The van der Waals surface area contributed by atoms with Gasteiger partial charge in [0.25, 0.3) is 0 Å². The highest BCUT2D eigenvalue weighted by molar-refractivity contribution is 5.91. The maximum atomic E-state index is 14.5. The van der Waals surface area contributed by atoms with Gasteiger partial charge in [0.05, 0.1) is 11.9 Å². The summed E-state index contributed by atoms with van der Waals surface area (Å²) in [6.07, 6.45) is 5.79. The molecule has 0 radical (unpaired) electrons. The molecule has 0 saturated carbocycles. The van der Waals surface area contributed by atoms with E-state index in [1.54, 1.807) is 36.4 Å². The van der Waals surface area contributed by atoms with E-state index >= 15 is 0 Å². The van der Waals surface area contributed by atoms with Crippen LogP contribution < -0.4 is 10.2 Å². The van der Waals surface area contributed by atoms with Crippen molar-refractivity contribution >= 4 is 23.1 Å². The highest BCUT2D eigenvalue weighted by atomic mass is 19.1. The molecule has 32 heavy (non-hydrogen) atoms. The second-order valence-electron chi connectivity index (χ2n) is 7.78. The molecule has 7 heteroatoms. The summed E-state index contributed by atoms with van der Waals surface area (Å²) in [6, 6.07) is 11.7. The Hall–Kier alpha value is -3.61. The summed E-state index contributed by atoms with van der Waals surface area (Å²) in [5.74, 6) is -0.765. The second kappa shape index (κ2) is 9.68. The van der Waals surface area contributed by atoms with Gasteiger partial charge in [0.15, 0.2) is 11.6 Å². The lowest BCUT2D eigenvalue weighted by Crippen LogP contribution is -2.30. The molecule has 4 rings (SSSR count). The van der Waals surface area contributed by atoms with E-state index in [2.05, 4.69) is 21.9 Å². The molecule has 0 bridgehead atoms. The minimum absolute atomic E-state index is 0.117. The Kier molecular flexibility index (Phi) is 6.54. The van der Waals surface area contributed by atoms with E-state index < -0.39 is 5.82 Å². The number of benzene rings is 2. The molecule has 0 aliphatic carbocycles. The Morgan fingerprint density at radius 1 is 1.09 bits per heavy atom. The first-order valence-corrected chi connectivity index (χ1v) is 10.6. The smallest absolute Gasteiger partial charge is 0.227 e. The molecule has 5 nitrogen and oxygen atoms in total. The number of hydrogen-bond donors (Lipinski definition) is 1. The molecule has 1 fully saturated rings. The molecule has 0 spiro atoms. The standard InChI is InChI=1S/C25H24F2N4O/c1-2-20(32)14-17-7-6-8-18(13-17)24-22(27)16-28-25(30-24)29-19-9-10-21(26)23(15-19)31-11-4-3-5-12-31/h2,6-10,13,15-16H,1,3-5,11-12,14H2,(H,28,29,30). The Labute approximate surface area is 185 Å². The van der Waals surface area contributed by atoms with Crippen LogP contribution in [-0.2, 0) is 11.2 Å². The number of allylic oxidation sites excluding steroid dienone is 1. The average molecular weight is 434 g/mol. The van der Waals surface area contributed by atoms with Crippen LogP contribution in [0, 0.1) is 11.6 Å². The number of anilines is 3. The normalized spacial score (nSPS) is 13.6. The third-order valence-electron chi connectivity index (χ3n) is 5.45. The zero-order valence-corrected chi connectivity index (χ0v) is 17.7. The van der Waals surface area contributed by atoms with Crippen LogP contribution in [0.15, 0.2) is 61.3 Å². The number of nitrogens with zero attached hydrogens (tertiary/aromatic N) is 3. The summed E-state index contributed by atoms with van der Waals surface area (Å²) in [4.78, 5) is 22.1. The summed E-state index contributed by atoms with van der Waals surface area (Å²) < 4.78 is 28.9. The van der Waals surface area contributed by atoms with Crippen LogP contribution in [0.25, 0.3) is 11.3 Å². The van der Waals surface area contributed by atoms with E-state index in [-0.39, 0.29) is 29.7 Å². The van der Waals surface area contributed by atoms with Crippen molar-refractivity contribution in [2.75, 3.05) is 23.3 Å². The highest BCUT2D eigenvalue weighted by Crippen LogP contribution is 2.28. The Bertz CT molecular complexity index is 1140. The molecule has 3 aromatic rings. The van der Waals surface area contributed by atoms with Crippen LogP contribution in [0.3, 0.4) is 0 Å². The summed E-state index contributed by atoms with van der Waals surface area (Å²) in [6.45, 7) is 5.12. The van der Waals surface area contributed by atoms with E-state index in [0.717, 1.165) is 44.1 Å². The van der Waals surface area contributed by atoms with Crippen LogP contribution in [0.5, 0.6) is 0 Å². The fourth-order valence-electron chi connectivity index (χ4n) is 3.83. The van der Waals surface area contributed by atoms with E-state index in [0.29, 0.717) is 16.9 Å². The van der Waals surface area contributed by atoms with Crippen LogP contribution >= 0.6 is 0 Å². The predicted molar refractivity (Wildman–Crippen MR) is 122 cm³/mol. The molecule has 2 aromatic carbocycles. The quantitative estimate of drug-likeness (QED) is 0.501. The van der Waals surface area contributed by atoms with Crippen molar-refractivity contribution in [2.24, 2.45) is 0 Å². The topological polar surface area (TPSA) is 58.1 Å². The first-order chi connectivity index (χ1) is 15.5. The third kappa shape index (κ3) is 4.99. The summed E-state index contributed by atoms with van der Waals surface area (Å²) in [7, 11) is 0. The summed E-state index contributed by atoms with van der Waals surface area (Å²) >= 11 is 0. The van der Waals surface area contributed by atoms with Crippen molar-refractivity contribution in [3.63, 3.8) is 0 Å². The maximum absolute atomic E-state index is 14.5. The van der Waals surface area contributed by atoms with Gasteiger partial charge in [-0.1, -0.05) is 24.8 Å². The largest absolute Gasteiger partial charge is 0.369 e. The van der Waals surface area contributed by atoms with Crippen LogP contribution in [-0.4, -0.2) is 28.8 Å². The number of aromatic nitrogens is 2. The molecule has 0 atom stereocenters. The lowest BCUT2D eigenvalue weighted by Gasteiger charge is -2.29. The van der Waals surface area contributed by atoms with Crippen molar-refractivity contribution in [1.29, 1.82) is 0 Å². The average Bonchev–Trinajstić information content (AvgIpc) is 2.82. The zero-order valence-electron chi connectivity index (χ0n) is 17.7. The molecule has 1 aliphatic heterocycles. The third-order valence-corrected chi connectivity index (χ3v) is 5.45. The lowest BCUT2D eigenvalue weighted by atomic mass is 10.0. The van der Waals surface area contributed by atoms with Gasteiger partial charge < -0.3 is 10.2 Å². The van der Waals surface area contributed by atoms with Gasteiger partial charge in [0.1, 0.15) is 11.5 Å². The van der Waals surface area contributed by atoms with Gasteiger partial charge in [-0.05, 0) is 55.2 Å². The fourth-order valence-corrected chi connectivity index (χ4v) is 3.83. The van der Waals surface area contributed by atoms with Gasteiger partial charge in [0.2, 0.25) is 5.95 Å². The van der Waals surface area contributed by atoms with E-state index in [1.165, 1.54) is 12.1 Å². The summed E-state index contributed by atoms with van der Waals surface area (Å²) in [5.41, 5.74) is 2.56. The number of nitrogens with one attached hydrogen (secondary N) is 1. The Morgan fingerprint density at radius 2 is 1.91 bits per heavy atom. The van der Waals surface area contributed by atoms with Gasteiger partial charge in [-0.2, -0.15) is 0 Å². The van der Waals surface area contributed by atoms with E-state index in [9.17, 15) is 13.6 Å². The minimum atomic E-state index is -0.573. The lowest BCUT2D eigenvalue weighted by molar-refractivity contribution is -0.114. The summed E-state index contributed by atoms with van der Waals surface area (Å²) in [5, 5.41) is 3.05. The van der Waals surface area contributed by atoms with Crippen molar-refractivity contribution in [3.8, 4) is 11.3 Å². The molecule has 1 saturated heterocycles. The Morgan fingerprint density at radius 3 is 2.69 bits per heavy atom. The van der Waals surface area contributed by atoms with Crippen LogP contribution in [0.2, 0.25) is 0 Å². The highest BCUT2D eigenvalue weighted by Gasteiger charge is 2.16. The fraction of sp³-hybridized carbons (Fsp3) is 0.240. The second-order valence-corrected chi connectivity index (χ2v) is 7.78. The molecule has 1 aliphatic rings. The molecule has 1 N–H and O–H groups in total. The maximum Gasteiger partial charge on any atom is 0.227 e. The Balaban J connectivity index is 1.59. The van der Waals surface area contributed by atoms with Crippen molar-refractivity contribution in [2.45, 2.75) is 25.7 Å². The predicted octanol–water partition coefficient (Wildman–Crippen LogP) is 5.45. The number of rotatable bonds is 7. The molecular weight excluding hydrogens is 410 g/mol. The SMILES string of the molecule is C=CC(=O)Cc1cccc(-c2nc(Nc3ccc(F)c(N4CCCCC4)c3)ncc2F)c1. The van der Waals surface area contributed by atoms with Crippen LogP contribution in [0.1, 0.15) is 24.8 Å². The number of halogens is 2. The molecule has 1 aromatic heterocycles. The van der Waals surface area contributed by atoms with Gasteiger partial charge in [-0.3, -0.25) is 4.79 Å². The van der Waals surface area contributed by atoms with Gasteiger partial charge in [0, 0.05) is 30.8 Å². The number of piperidine rings is 1. The number of carbonyl (C=O) groups is 1. The first-order valence-electron chi connectivity index (χ1n) is 10.6. The van der Waals surface area contributed by atoms with Crippen molar-refractivity contribution in [3.05, 3.63) is 78.5 Å². The van der Waals surface area contributed by atoms with Gasteiger partial charge in [-0.15, -0.1) is 0 Å². The number of ketones is 1. The van der Waals surface area contributed by atoms with Crippen molar-refractivity contribution in [1.82, 2.24) is 9.97 Å². The van der Waals surface area contributed by atoms with Crippen molar-refractivity contribution < 1.29 is 13.6 Å². The molecule has 164 valence electrons. The van der Waals surface area contributed by atoms with Gasteiger partial charge in [-0.25, -0.2) is 18.7 Å². The number of hydrogen-bond acceptors (Lipinski definition) is 5. The molecule has 0 amide bonds. The van der Waals surface area contributed by atoms with Crippen LogP contribution in [0.4, 0.5) is 26.1 Å². The van der Waals surface area contributed by atoms with E-state index in [4.69, 9.17) is 0 Å². The monoisotopic (exact) mass is 434 g/mol.